The lowest BCUT2D eigenvalue weighted by Gasteiger charge is -2.19. The molecule has 1 aromatic heterocycles. The van der Waals surface area contributed by atoms with Crippen molar-refractivity contribution in [2.45, 2.75) is 76.4 Å². The van der Waals surface area contributed by atoms with E-state index in [0.29, 0.717) is 18.8 Å². The molecule has 8 heteroatoms. The van der Waals surface area contributed by atoms with Crippen molar-refractivity contribution in [1.29, 1.82) is 0 Å². The molecule has 6 nitrogen and oxygen atoms in total. The number of hydrogen-bond donors (Lipinski definition) is 2. The molecule has 164 valence electrons. The molecular weight excluding hydrogens is 420 g/mol. The van der Waals surface area contributed by atoms with Crippen LogP contribution in [0.4, 0.5) is 0 Å². The molecule has 2 aromatic rings. The zero-order valence-electron chi connectivity index (χ0n) is 18.2. The Hall–Kier alpha value is -1.58. The molecule has 0 saturated heterocycles. The highest BCUT2D eigenvalue weighted by molar-refractivity contribution is 7.93. The van der Waals surface area contributed by atoms with Gasteiger partial charge in [-0.3, -0.25) is 4.79 Å². The molecule has 1 atom stereocenters. The number of aliphatic hydroxyl groups is 1. The van der Waals surface area contributed by atoms with Gasteiger partial charge in [0.15, 0.2) is 9.92 Å². The third-order valence-corrected chi connectivity index (χ3v) is 8.31. The fourth-order valence-corrected chi connectivity index (χ4v) is 6.16. The summed E-state index contributed by atoms with van der Waals surface area (Å²) in [6.45, 7) is 10.7. The molecule has 3 rings (SSSR count). The molecule has 1 aromatic carbocycles. The summed E-state index contributed by atoms with van der Waals surface area (Å²) in [6.07, 6.45) is 0.842. The van der Waals surface area contributed by atoms with Crippen molar-refractivity contribution in [3.05, 3.63) is 50.9 Å². The summed E-state index contributed by atoms with van der Waals surface area (Å²) < 4.78 is 22.8. The van der Waals surface area contributed by atoms with E-state index in [4.69, 9.17) is 9.88 Å². The number of ether oxygens (including phenoxy) is 1. The van der Waals surface area contributed by atoms with E-state index in [1.165, 1.54) is 5.56 Å². The van der Waals surface area contributed by atoms with Gasteiger partial charge in [-0.15, -0.1) is 15.7 Å². The van der Waals surface area contributed by atoms with Crippen LogP contribution >= 0.6 is 11.3 Å². The highest BCUT2D eigenvalue weighted by atomic mass is 32.2. The summed E-state index contributed by atoms with van der Waals surface area (Å²) in [5, 5.41) is 17.8. The van der Waals surface area contributed by atoms with Crippen molar-refractivity contribution >= 4 is 27.2 Å². The highest BCUT2D eigenvalue weighted by Gasteiger charge is 2.25. The maximum Gasteiger partial charge on any atom is 0.259 e. The quantitative estimate of drug-likeness (QED) is 0.690. The standard InChI is InChI=1S/C22H30N2O4S2/c1-6-16-18(17(13(2)3)7-14-10-28-11-19(14)16)9-20(25)24-30(23,27)21-8-15(12-29-21)22(4,5)26/h7-8,12-13,26H,6,9-11H2,1-5H3,(H2,23,24,25,27). The van der Waals surface area contributed by atoms with Crippen LogP contribution in [0.25, 0.3) is 0 Å². The van der Waals surface area contributed by atoms with Crippen LogP contribution in [0, 0.1) is 0 Å². The van der Waals surface area contributed by atoms with Gasteiger partial charge in [0.05, 0.1) is 25.2 Å². The molecule has 1 unspecified atom stereocenters. The molecule has 1 amide bonds. The number of carbonyl (C=O) groups is 1. The smallest absolute Gasteiger partial charge is 0.259 e. The molecule has 2 heterocycles. The summed E-state index contributed by atoms with van der Waals surface area (Å²) in [5.41, 5.74) is 5.03. The third-order valence-electron chi connectivity index (χ3n) is 5.41. The molecule has 0 spiro atoms. The predicted molar refractivity (Wildman–Crippen MR) is 120 cm³/mol. The number of hydrogen-bond acceptors (Lipinski definition) is 5. The second-order valence-electron chi connectivity index (χ2n) is 8.51. The van der Waals surface area contributed by atoms with Gasteiger partial charge >= 0.3 is 0 Å². The van der Waals surface area contributed by atoms with E-state index in [1.807, 2.05) is 0 Å². The Bertz CT molecular complexity index is 1090. The first-order valence-electron chi connectivity index (χ1n) is 10.1. The molecule has 0 bridgehead atoms. The lowest BCUT2D eigenvalue weighted by Crippen LogP contribution is -2.17. The molecular formula is C22H30N2O4S2. The number of amides is 1. The van der Waals surface area contributed by atoms with Crippen LogP contribution in [-0.2, 0) is 51.1 Å². The van der Waals surface area contributed by atoms with E-state index >= 15 is 0 Å². The largest absolute Gasteiger partial charge is 0.386 e. The Morgan fingerprint density at radius 2 is 2.03 bits per heavy atom. The summed E-state index contributed by atoms with van der Waals surface area (Å²) in [4.78, 5) is 12.8. The van der Waals surface area contributed by atoms with Crippen molar-refractivity contribution in [2.75, 3.05) is 0 Å². The average molecular weight is 451 g/mol. The number of benzene rings is 1. The topological polar surface area (TPSA) is 102 Å². The van der Waals surface area contributed by atoms with Crippen molar-refractivity contribution in [1.82, 2.24) is 0 Å². The van der Waals surface area contributed by atoms with Crippen LogP contribution in [0.1, 0.15) is 73.9 Å². The zero-order valence-corrected chi connectivity index (χ0v) is 19.8. The molecule has 1 aliphatic heterocycles. The molecule has 1 aliphatic rings. The van der Waals surface area contributed by atoms with Gasteiger partial charge < -0.3 is 9.84 Å². The Morgan fingerprint density at radius 3 is 2.60 bits per heavy atom. The van der Waals surface area contributed by atoms with Gasteiger partial charge in [0.2, 0.25) is 0 Å². The van der Waals surface area contributed by atoms with Crippen LogP contribution in [-0.4, -0.2) is 15.2 Å². The number of fused-ring (bicyclic) bond motifs is 1. The molecule has 3 N–H and O–H groups in total. The van der Waals surface area contributed by atoms with Gasteiger partial charge in [0.1, 0.15) is 4.21 Å². The average Bonchev–Trinajstić information content (AvgIpc) is 3.29. The molecule has 30 heavy (non-hydrogen) atoms. The number of rotatable bonds is 6. The van der Waals surface area contributed by atoms with Crippen LogP contribution in [0.2, 0.25) is 0 Å². The van der Waals surface area contributed by atoms with Crippen molar-refractivity contribution in [2.24, 2.45) is 9.50 Å². The fourth-order valence-electron chi connectivity index (χ4n) is 3.80. The minimum Gasteiger partial charge on any atom is -0.386 e. The van der Waals surface area contributed by atoms with E-state index in [2.05, 4.69) is 31.2 Å². The molecule has 0 saturated carbocycles. The lowest BCUT2D eigenvalue weighted by molar-refractivity contribution is -0.117. The first-order valence-corrected chi connectivity index (χ1v) is 12.5. The van der Waals surface area contributed by atoms with Crippen LogP contribution < -0.4 is 5.14 Å². The van der Waals surface area contributed by atoms with Gasteiger partial charge in [-0.05, 0) is 71.0 Å². The third kappa shape index (κ3) is 4.68. The van der Waals surface area contributed by atoms with Crippen molar-refractivity contribution in [3.63, 3.8) is 0 Å². The minimum atomic E-state index is -3.38. The van der Waals surface area contributed by atoms with Gasteiger partial charge in [-0.1, -0.05) is 26.8 Å². The summed E-state index contributed by atoms with van der Waals surface area (Å²) >= 11 is 1.14. The van der Waals surface area contributed by atoms with E-state index in [1.54, 1.807) is 25.3 Å². The first kappa shape index (κ1) is 23.1. The maximum absolute atomic E-state index is 13.0. The Balaban J connectivity index is 1.98. The number of carbonyl (C=O) groups excluding carboxylic acids is 1. The Morgan fingerprint density at radius 1 is 1.33 bits per heavy atom. The molecule has 0 radical (unpaired) electrons. The zero-order chi connectivity index (χ0) is 22.3. The fraction of sp³-hybridized carbons (Fsp3) is 0.500. The SMILES string of the molecule is CCc1c2c(cc(C(C)C)c1CC(=O)N=S(N)(=O)c1cc(C(C)(C)O)cs1)COC2. The maximum atomic E-state index is 13.0. The van der Waals surface area contributed by atoms with Gasteiger partial charge in [0.25, 0.3) is 5.91 Å². The first-order chi connectivity index (χ1) is 13.9. The highest BCUT2D eigenvalue weighted by Crippen LogP contribution is 2.34. The van der Waals surface area contributed by atoms with E-state index in [9.17, 15) is 14.1 Å². The monoisotopic (exact) mass is 450 g/mol. The van der Waals surface area contributed by atoms with Gasteiger partial charge in [-0.2, -0.15) is 0 Å². The number of thiophene rings is 1. The summed E-state index contributed by atoms with van der Waals surface area (Å²) in [5.74, 6) is -0.269. The van der Waals surface area contributed by atoms with E-state index in [0.717, 1.165) is 40.0 Å². The van der Waals surface area contributed by atoms with Crippen LogP contribution in [0.3, 0.4) is 0 Å². The van der Waals surface area contributed by atoms with Crippen LogP contribution in [0.5, 0.6) is 0 Å². The molecule has 0 aliphatic carbocycles. The Kier molecular flexibility index (Phi) is 6.55. The molecule has 0 fully saturated rings. The second-order valence-corrected chi connectivity index (χ2v) is 11.4. The second kappa shape index (κ2) is 8.51. The van der Waals surface area contributed by atoms with Crippen molar-refractivity contribution < 1.29 is 18.8 Å². The van der Waals surface area contributed by atoms with E-state index < -0.39 is 21.4 Å². The van der Waals surface area contributed by atoms with Crippen molar-refractivity contribution in [3.8, 4) is 0 Å². The minimum absolute atomic E-state index is 0.0574. The normalized spacial score (nSPS) is 15.9. The van der Waals surface area contributed by atoms with E-state index in [-0.39, 0.29) is 16.5 Å². The number of nitrogens with two attached hydrogens (primary N) is 1. The Labute approximate surface area is 182 Å². The van der Waals surface area contributed by atoms with Gasteiger partial charge in [-0.25, -0.2) is 9.35 Å². The van der Waals surface area contributed by atoms with Crippen LogP contribution in [0.15, 0.2) is 26.1 Å². The summed E-state index contributed by atoms with van der Waals surface area (Å²) in [6, 6.07) is 3.69. The summed E-state index contributed by atoms with van der Waals surface area (Å²) in [7, 11) is -3.38. The van der Waals surface area contributed by atoms with Gasteiger partial charge in [0, 0.05) is 0 Å². The lowest BCUT2D eigenvalue weighted by atomic mass is 9.85. The predicted octanol–water partition coefficient (Wildman–Crippen LogP) is 4.16. The number of nitrogens with zero attached hydrogens (tertiary/aromatic N) is 1.